The summed E-state index contributed by atoms with van der Waals surface area (Å²) < 4.78 is 10.7. The van der Waals surface area contributed by atoms with Crippen molar-refractivity contribution >= 4 is 39.3 Å². The maximum absolute atomic E-state index is 12.9. The lowest BCUT2D eigenvalue weighted by Gasteiger charge is -2.16. The predicted molar refractivity (Wildman–Crippen MR) is 136 cm³/mol. The van der Waals surface area contributed by atoms with Gasteiger partial charge in [0.15, 0.2) is 5.16 Å². The Hall–Kier alpha value is -3.10. The standard InChI is InChI=1S/C26H24N2O4S2/c29-22(32-13-12-31-20-8-2-1-3-9-20)16-34-26-27-24(30)23-21(15-33-25(23)28-26)19-11-10-17-6-4-5-7-18(17)14-19/h1-3,8-11,14-15H,4-7,12-13,16H2,(H,27,28,30). The summed E-state index contributed by atoms with van der Waals surface area (Å²) in [6.07, 6.45) is 4.68. The Bertz CT molecular complexity index is 1360. The van der Waals surface area contributed by atoms with Crippen molar-refractivity contribution in [3.8, 4) is 16.9 Å². The van der Waals surface area contributed by atoms with Crippen LogP contribution < -0.4 is 10.3 Å². The highest BCUT2D eigenvalue weighted by atomic mass is 32.2. The van der Waals surface area contributed by atoms with E-state index in [1.165, 1.54) is 35.3 Å². The van der Waals surface area contributed by atoms with Crippen molar-refractivity contribution in [2.75, 3.05) is 19.0 Å². The minimum Gasteiger partial charge on any atom is -0.490 e. The number of benzene rings is 2. The Morgan fingerprint density at radius 2 is 1.88 bits per heavy atom. The molecule has 0 spiro atoms. The molecule has 0 amide bonds. The van der Waals surface area contributed by atoms with E-state index < -0.39 is 0 Å². The van der Waals surface area contributed by atoms with E-state index in [4.69, 9.17) is 9.47 Å². The molecule has 0 aliphatic heterocycles. The van der Waals surface area contributed by atoms with E-state index in [0.717, 1.165) is 41.5 Å². The van der Waals surface area contributed by atoms with E-state index in [-0.39, 0.29) is 30.5 Å². The molecule has 34 heavy (non-hydrogen) atoms. The minimum absolute atomic E-state index is 0.0584. The van der Waals surface area contributed by atoms with Gasteiger partial charge in [0.25, 0.3) is 5.56 Å². The molecular weight excluding hydrogens is 468 g/mol. The van der Waals surface area contributed by atoms with Gasteiger partial charge in [-0.25, -0.2) is 4.98 Å². The van der Waals surface area contributed by atoms with Crippen molar-refractivity contribution < 1.29 is 14.3 Å². The van der Waals surface area contributed by atoms with Gasteiger partial charge >= 0.3 is 5.97 Å². The number of nitrogens with one attached hydrogen (secondary N) is 1. The number of aromatic nitrogens is 2. The summed E-state index contributed by atoms with van der Waals surface area (Å²) in [5, 5.41) is 3.01. The van der Waals surface area contributed by atoms with Crippen molar-refractivity contribution in [1.29, 1.82) is 0 Å². The molecule has 1 aliphatic rings. The number of rotatable bonds is 8. The van der Waals surface area contributed by atoms with Crippen molar-refractivity contribution in [3.63, 3.8) is 0 Å². The number of hydrogen-bond acceptors (Lipinski definition) is 7. The normalized spacial score (nSPS) is 12.9. The fourth-order valence-electron chi connectivity index (χ4n) is 4.11. The molecule has 2 aromatic heterocycles. The number of carbonyl (C=O) groups is 1. The predicted octanol–water partition coefficient (Wildman–Crippen LogP) is 5.24. The van der Waals surface area contributed by atoms with Crippen molar-refractivity contribution in [1.82, 2.24) is 9.97 Å². The maximum Gasteiger partial charge on any atom is 0.316 e. The van der Waals surface area contributed by atoms with E-state index in [1.54, 1.807) is 0 Å². The second-order valence-corrected chi connectivity index (χ2v) is 9.88. The third-order valence-corrected chi connectivity index (χ3v) is 7.49. The van der Waals surface area contributed by atoms with Gasteiger partial charge in [-0.15, -0.1) is 11.3 Å². The Labute approximate surface area is 205 Å². The highest BCUT2D eigenvalue weighted by Crippen LogP contribution is 2.34. The van der Waals surface area contributed by atoms with Crippen LogP contribution in [-0.2, 0) is 22.4 Å². The fourth-order valence-corrected chi connectivity index (χ4v) is 5.78. The van der Waals surface area contributed by atoms with Crippen LogP contribution in [0.15, 0.2) is 63.9 Å². The van der Waals surface area contributed by atoms with Gasteiger partial charge in [0.1, 0.15) is 23.8 Å². The molecule has 1 aliphatic carbocycles. The molecular formula is C26H24N2O4S2. The number of esters is 1. The number of nitrogens with zero attached hydrogens (tertiary/aromatic N) is 1. The van der Waals surface area contributed by atoms with Gasteiger partial charge in [0.2, 0.25) is 0 Å². The number of thioether (sulfide) groups is 1. The van der Waals surface area contributed by atoms with Crippen LogP contribution in [0.4, 0.5) is 0 Å². The van der Waals surface area contributed by atoms with Crippen molar-refractivity contribution in [2.45, 2.75) is 30.8 Å². The summed E-state index contributed by atoms with van der Waals surface area (Å²) in [6.45, 7) is 0.439. The largest absolute Gasteiger partial charge is 0.490 e. The number of carbonyl (C=O) groups excluding carboxylic acids is 1. The van der Waals surface area contributed by atoms with Crippen molar-refractivity contribution in [2.24, 2.45) is 0 Å². The second kappa shape index (κ2) is 10.4. The number of H-pyrrole nitrogens is 1. The van der Waals surface area contributed by atoms with E-state index >= 15 is 0 Å². The number of thiophene rings is 1. The molecule has 0 unspecified atom stereocenters. The van der Waals surface area contributed by atoms with Crippen LogP contribution in [0.5, 0.6) is 5.75 Å². The zero-order valence-electron chi connectivity index (χ0n) is 18.5. The van der Waals surface area contributed by atoms with Gasteiger partial charge in [0, 0.05) is 10.9 Å². The first-order chi connectivity index (χ1) is 16.7. The van der Waals surface area contributed by atoms with Gasteiger partial charge in [-0.1, -0.05) is 48.2 Å². The van der Waals surface area contributed by atoms with Gasteiger partial charge < -0.3 is 14.5 Å². The highest BCUT2D eigenvalue weighted by Gasteiger charge is 2.16. The molecule has 5 rings (SSSR count). The molecule has 8 heteroatoms. The summed E-state index contributed by atoms with van der Waals surface area (Å²) in [5.41, 5.74) is 4.58. The first kappa shape index (κ1) is 22.7. The number of aryl methyl sites for hydroxylation is 2. The van der Waals surface area contributed by atoms with Crippen molar-refractivity contribution in [3.05, 3.63) is 75.4 Å². The number of hydrogen-bond donors (Lipinski definition) is 1. The third-order valence-electron chi connectivity index (χ3n) is 5.77. The Morgan fingerprint density at radius 3 is 2.74 bits per heavy atom. The van der Waals surface area contributed by atoms with E-state index in [9.17, 15) is 9.59 Å². The monoisotopic (exact) mass is 492 g/mol. The van der Waals surface area contributed by atoms with Crippen LogP contribution in [0.25, 0.3) is 21.3 Å². The van der Waals surface area contributed by atoms with E-state index in [0.29, 0.717) is 15.4 Å². The molecule has 4 aromatic rings. The molecule has 1 N–H and O–H groups in total. The van der Waals surface area contributed by atoms with Gasteiger partial charge in [-0.2, -0.15) is 0 Å². The topological polar surface area (TPSA) is 81.3 Å². The zero-order chi connectivity index (χ0) is 23.3. The molecule has 6 nitrogen and oxygen atoms in total. The smallest absolute Gasteiger partial charge is 0.316 e. The molecule has 0 atom stereocenters. The first-order valence-corrected chi connectivity index (χ1v) is 13.1. The SMILES string of the molecule is O=C(CSc1nc2scc(-c3ccc4c(c3)CCCC4)c2c(=O)[nH]1)OCCOc1ccccc1. The zero-order valence-corrected chi connectivity index (χ0v) is 20.2. The van der Waals surface area contributed by atoms with Crippen LogP contribution in [-0.4, -0.2) is 34.9 Å². The Kier molecular flexibility index (Phi) is 6.97. The summed E-state index contributed by atoms with van der Waals surface area (Å²) in [7, 11) is 0. The quantitative estimate of drug-likeness (QED) is 0.157. The summed E-state index contributed by atoms with van der Waals surface area (Å²) in [6, 6.07) is 15.9. The van der Waals surface area contributed by atoms with Crippen LogP contribution in [0.1, 0.15) is 24.0 Å². The molecule has 0 bridgehead atoms. The molecule has 0 saturated heterocycles. The first-order valence-electron chi connectivity index (χ1n) is 11.3. The van der Waals surface area contributed by atoms with E-state index in [2.05, 4.69) is 28.2 Å². The summed E-state index contributed by atoms with van der Waals surface area (Å²) >= 11 is 2.61. The average molecular weight is 493 g/mol. The van der Waals surface area contributed by atoms with Gasteiger partial charge in [0.05, 0.1) is 11.1 Å². The van der Waals surface area contributed by atoms with Crippen LogP contribution in [0, 0.1) is 0 Å². The van der Waals surface area contributed by atoms with Crippen LogP contribution in [0.3, 0.4) is 0 Å². The van der Waals surface area contributed by atoms with Crippen LogP contribution >= 0.6 is 23.1 Å². The minimum atomic E-state index is -0.384. The lowest BCUT2D eigenvalue weighted by Crippen LogP contribution is -2.14. The summed E-state index contributed by atoms with van der Waals surface area (Å²) in [5.74, 6) is 0.405. The molecule has 174 valence electrons. The average Bonchev–Trinajstić information content (AvgIpc) is 3.30. The third kappa shape index (κ3) is 5.18. The van der Waals surface area contributed by atoms with E-state index in [1.807, 2.05) is 35.7 Å². The number of aromatic amines is 1. The molecule has 2 aromatic carbocycles. The van der Waals surface area contributed by atoms with Crippen LogP contribution in [0.2, 0.25) is 0 Å². The maximum atomic E-state index is 12.9. The fraction of sp³-hybridized carbons (Fsp3) is 0.269. The molecule has 0 fully saturated rings. The van der Waals surface area contributed by atoms with Gasteiger partial charge in [-0.3, -0.25) is 9.59 Å². The Morgan fingerprint density at radius 1 is 1.06 bits per heavy atom. The summed E-state index contributed by atoms with van der Waals surface area (Å²) in [4.78, 5) is 33.0. The number of ether oxygens (including phenoxy) is 2. The molecule has 0 radical (unpaired) electrons. The highest BCUT2D eigenvalue weighted by molar-refractivity contribution is 7.99. The number of para-hydroxylation sites is 1. The lowest BCUT2D eigenvalue weighted by molar-refractivity contribution is -0.141. The second-order valence-electron chi connectivity index (χ2n) is 8.06. The number of fused-ring (bicyclic) bond motifs is 2. The van der Waals surface area contributed by atoms with Gasteiger partial charge in [-0.05, 0) is 54.5 Å². The lowest BCUT2D eigenvalue weighted by atomic mass is 9.89. The Balaban J connectivity index is 1.21. The molecule has 0 saturated carbocycles. The molecule has 2 heterocycles.